The van der Waals surface area contributed by atoms with Crippen molar-refractivity contribution in [2.24, 2.45) is 0 Å². The van der Waals surface area contributed by atoms with Crippen LogP contribution in [0.15, 0.2) is 54.9 Å². The summed E-state index contributed by atoms with van der Waals surface area (Å²) < 4.78 is 1.85. The molecule has 0 saturated carbocycles. The zero-order chi connectivity index (χ0) is 16.4. The number of nitrogens with zero attached hydrogens (tertiary/aromatic N) is 4. The Labute approximate surface area is 148 Å². The van der Waals surface area contributed by atoms with E-state index in [1.807, 2.05) is 59.4 Å². The first-order valence-corrected chi connectivity index (χ1v) is 8.73. The van der Waals surface area contributed by atoms with Crippen LogP contribution in [0.3, 0.4) is 0 Å². The summed E-state index contributed by atoms with van der Waals surface area (Å²) in [5, 5.41) is 9.49. The fourth-order valence-corrected chi connectivity index (χ4v) is 3.44. The van der Waals surface area contributed by atoms with Gasteiger partial charge in [-0.05, 0) is 24.3 Å². The monoisotopic (exact) mass is 355 g/mol. The Morgan fingerprint density at radius 1 is 1.12 bits per heavy atom. The van der Waals surface area contributed by atoms with Crippen molar-refractivity contribution in [2.75, 3.05) is 11.9 Å². The number of pyridine rings is 1. The van der Waals surface area contributed by atoms with Crippen LogP contribution in [-0.2, 0) is 6.42 Å². The topological polar surface area (TPSA) is 55.1 Å². The number of imidazole rings is 1. The molecular weight excluding hydrogens is 342 g/mol. The summed E-state index contributed by atoms with van der Waals surface area (Å²) in [6.45, 7) is 0.778. The molecule has 0 fully saturated rings. The SMILES string of the molecule is Clc1cccc(-c2cnc3sc(NCCc4ccccn4)nn23)c1. The van der Waals surface area contributed by atoms with Crippen molar-refractivity contribution in [2.45, 2.75) is 6.42 Å². The van der Waals surface area contributed by atoms with Gasteiger partial charge in [0, 0.05) is 35.4 Å². The van der Waals surface area contributed by atoms with Gasteiger partial charge in [-0.25, -0.2) is 9.50 Å². The van der Waals surface area contributed by atoms with E-state index in [1.54, 1.807) is 0 Å². The fourth-order valence-electron chi connectivity index (χ4n) is 2.45. The van der Waals surface area contributed by atoms with Crippen LogP contribution in [0, 0.1) is 0 Å². The maximum atomic E-state index is 6.08. The number of fused-ring (bicyclic) bond motifs is 1. The van der Waals surface area contributed by atoms with Gasteiger partial charge in [0.1, 0.15) is 0 Å². The predicted octanol–water partition coefficient (Wildman–Crippen LogP) is 4.16. The molecule has 0 amide bonds. The second-order valence-corrected chi connectivity index (χ2v) is 6.65. The number of nitrogens with one attached hydrogen (secondary N) is 1. The van der Waals surface area contributed by atoms with Crippen molar-refractivity contribution in [3.63, 3.8) is 0 Å². The van der Waals surface area contributed by atoms with E-state index >= 15 is 0 Å². The van der Waals surface area contributed by atoms with Crippen LogP contribution < -0.4 is 5.32 Å². The molecule has 5 nitrogen and oxygen atoms in total. The Morgan fingerprint density at radius 2 is 2.08 bits per heavy atom. The summed E-state index contributed by atoms with van der Waals surface area (Å²) in [7, 11) is 0. The lowest BCUT2D eigenvalue weighted by Gasteiger charge is -2.02. The van der Waals surface area contributed by atoms with Gasteiger partial charge in [-0.2, -0.15) is 0 Å². The number of rotatable bonds is 5. The van der Waals surface area contributed by atoms with Gasteiger partial charge in [0.05, 0.1) is 11.9 Å². The van der Waals surface area contributed by atoms with Crippen LogP contribution in [0.1, 0.15) is 5.69 Å². The van der Waals surface area contributed by atoms with E-state index in [-0.39, 0.29) is 0 Å². The molecule has 4 rings (SSSR count). The summed E-state index contributed by atoms with van der Waals surface area (Å²) in [5.41, 5.74) is 2.99. The summed E-state index contributed by atoms with van der Waals surface area (Å²) in [6, 6.07) is 13.6. The van der Waals surface area contributed by atoms with E-state index in [0.717, 1.165) is 40.0 Å². The summed E-state index contributed by atoms with van der Waals surface area (Å²) in [4.78, 5) is 9.60. The van der Waals surface area contributed by atoms with Crippen LogP contribution in [-0.4, -0.2) is 26.1 Å². The first-order valence-electron chi connectivity index (χ1n) is 7.54. The average molecular weight is 356 g/mol. The van der Waals surface area contributed by atoms with Crippen molar-refractivity contribution in [3.05, 3.63) is 65.6 Å². The standard InChI is InChI=1S/C17H14ClN5S/c18-13-5-3-4-12(10-13)15-11-21-17-23(15)22-16(24-17)20-9-7-14-6-1-2-8-19-14/h1-6,8,10-11H,7,9H2,(H,20,22). The lowest BCUT2D eigenvalue weighted by Crippen LogP contribution is -2.06. The lowest BCUT2D eigenvalue weighted by atomic mass is 10.2. The second-order valence-electron chi connectivity index (χ2n) is 5.25. The number of halogens is 1. The third-order valence-electron chi connectivity index (χ3n) is 3.59. The molecule has 0 aliphatic carbocycles. The van der Waals surface area contributed by atoms with Gasteiger partial charge in [0.2, 0.25) is 10.1 Å². The minimum absolute atomic E-state index is 0.700. The number of benzene rings is 1. The number of hydrogen-bond donors (Lipinski definition) is 1. The van der Waals surface area contributed by atoms with E-state index in [2.05, 4.69) is 20.4 Å². The highest BCUT2D eigenvalue weighted by Crippen LogP contribution is 2.27. The molecular formula is C17H14ClN5S. The van der Waals surface area contributed by atoms with Crippen molar-refractivity contribution >= 4 is 33.0 Å². The van der Waals surface area contributed by atoms with Gasteiger partial charge in [0.15, 0.2) is 0 Å². The second kappa shape index (κ2) is 6.59. The number of hydrogen-bond acceptors (Lipinski definition) is 5. The van der Waals surface area contributed by atoms with E-state index in [4.69, 9.17) is 11.6 Å². The number of aromatic nitrogens is 4. The molecule has 0 atom stereocenters. The molecule has 7 heteroatoms. The van der Waals surface area contributed by atoms with E-state index in [0.29, 0.717) is 5.02 Å². The van der Waals surface area contributed by atoms with Crippen LogP contribution in [0.4, 0.5) is 5.13 Å². The van der Waals surface area contributed by atoms with Gasteiger partial charge in [-0.1, -0.05) is 41.1 Å². The molecule has 0 aliphatic rings. The van der Waals surface area contributed by atoms with Crippen molar-refractivity contribution < 1.29 is 0 Å². The van der Waals surface area contributed by atoms with E-state index in [1.165, 1.54) is 11.3 Å². The minimum Gasteiger partial charge on any atom is -0.360 e. The highest BCUT2D eigenvalue weighted by molar-refractivity contribution is 7.20. The minimum atomic E-state index is 0.700. The van der Waals surface area contributed by atoms with Gasteiger partial charge in [-0.15, -0.1) is 5.10 Å². The molecule has 0 radical (unpaired) electrons. The van der Waals surface area contributed by atoms with Gasteiger partial charge < -0.3 is 5.32 Å². The van der Waals surface area contributed by atoms with Crippen LogP contribution in [0.25, 0.3) is 16.2 Å². The van der Waals surface area contributed by atoms with Crippen molar-refractivity contribution in [1.29, 1.82) is 0 Å². The summed E-state index contributed by atoms with van der Waals surface area (Å²) in [6.07, 6.45) is 4.48. The van der Waals surface area contributed by atoms with Gasteiger partial charge >= 0.3 is 0 Å². The molecule has 3 heterocycles. The largest absolute Gasteiger partial charge is 0.360 e. The van der Waals surface area contributed by atoms with Crippen LogP contribution in [0.5, 0.6) is 0 Å². The Kier molecular flexibility index (Phi) is 4.15. The summed E-state index contributed by atoms with van der Waals surface area (Å²) >= 11 is 7.61. The molecule has 0 bridgehead atoms. The lowest BCUT2D eigenvalue weighted by molar-refractivity contribution is 0.931. The van der Waals surface area contributed by atoms with E-state index < -0.39 is 0 Å². The Morgan fingerprint density at radius 3 is 2.92 bits per heavy atom. The molecule has 0 aliphatic heterocycles. The van der Waals surface area contributed by atoms with Crippen molar-refractivity contribution in [1.82, 2.24) is 19.6 Å². The average Bonchev–Trinajstić information content (AvgIpc) is 3.16. The highest BCUT2D eigenvalue weighted by Gasteiger charge is 2.11. The first kappa shape index (κ1) is 15.1. The molecule has 120 valence electrons. The molecule has 0 saturated heterocycles. The Balaban J connectivity index is 1.52. The van der Waals surface area contributed by atoms with E-state index in [9.17, 15) is 0 Å². The third kappa shape index (κ3) is 3.11. The normalized spacial score (nSPS) is 11.0. The third-order valence-corrected chi connectivity index (χ3v) is 4.70. The molecule has 1 N–H and O–H groups in total. The molecule has 1 aromatic carbocycles. The molecule has 0 spiro atoms. The fraction of sp³-hybridized carbons (Fsp3) is 0.118. The van der Waals surface area contributed by atoms with Gasteiger partial charge in [-0.3, -0.25) is 4.98 Å². The van der Waals surface area contributed by atoms with Crippen LogP contribution >= 0.6 is 22.9 Å². The van der Waals surface area contributed by atoms with Crippen molar-refractivity contribution in [3.8, 4) is 11.3 Å². The summed E-state index contributed by atoms with van der Waals surface area (Å²) in [5.74, 6) is 0. The number of anilines is 1. The van der Waals surface area contributed by atoms with Crippen LogP contribution in [0.2, 0.25) is 5.02 Å². The highest BCUT2D eigenvalue weighted by atomic mass is 35.5. The quantitative estimate of drug-likeness (QED) is 0.584. The smallest absolute Gasteiger partial charge is 0.214 e. The Hall–Kier alpha value is -2.44. The molecule has 0 unspecified atom stereocenters. The molecule has 4 aromatic rings. The molecule has 3 aromatic heterocycles. The zero-order valence-electron chi connectivity index (χ0n) is 12.7. The molecule has 24 heavy (non-hydrogen) atoms. The first-order chi connectivity index (χ1) is 11.8. The maximum Gasteiger partial charge on any atom is 0.214 e. The maximum absolute atomic E-state index is 6.08. The predicted molar refractivity (Wildman–Crippen MR) is 97.7 cm³/mol. The van der Waals surface area contributed by atoms with Gasteiger partial charge in [0.25, 0.3) is 0 Å². The zero-order valence-corrected chi connectivity index (χ0v) is 14.3. The Bertz CT molecular complexity index is 963.